The van der Waals surface area contributed by atoms with Gasteiger partial charge in [0.05, 0.1) is 11.7 Å². The lowest BCUT2D eigenvalue weighted by atomic mass is 9.89. The molecule has 0 spiro atoms. The first-order valence-electron chi connectivity index (χ1n) is 6.60. The molecule has 1 aromatic rings. The van der Waals surface area contributed by atoms with Crippen LogP contribution >= 0.6 is 0 Å². The zero-order chi connectivity index (χ0) is 13.1. The maximum Gasteiger partial charge on any atom is 0.171 e. The molecule has 1 heterocycles. The number of hydrogen-bond donors (Lipinski definition) is 1. The molecule has 1 aliphatic heterocycles. The molecule has 3 heteroatoms. The van der Waals surface area contributed by atoms with E-state index in [1.165, 1.54) is 0 Å². The zero-order valence-electron chi connectivity index (χ0n) is 11.3. The van der Waals surface area contributed by atoms with Crippen molar-refractivity contribution >= 4 is 5.78 Å². The van der Waals surface area contributed by atoms with E-state index in [9.17, 15) is 4.79 Å². The summed E-state index contributed by atoms with van der Waals surface area (Å²) in [7, 11) is 0. The Bertz CT molecular complexity index is 428. The molecule has 2 atom stereocenters. The summed E-state index contributed by atoms with van der Waals surface area (Å²) in [5, 5.41) is 3.27. The lowest BCUT2D eigenvalue weighted by Crippen LogP contribution is -2.22. The van der Waals surface area contributed by atoms with Crippen molar-refractivity contribution in [2.45, 2.75) is 26.9 Å². The van der Waals surface area contributed by atoms with E-state index >= 15 is 0 Å². The molecule has 2 rings (SSSR count). The highest BCUT2D eigenvalue weighted by Crippen LogP contribution is 2.27. The summed E-state index contributed by atoms with van der Waals surface area (Å²) in [6.07, 6.45) is 0.0816. The molecule has 1 saturated heterocycles. The minimum absolute atomic E-state index is 0.0712. The highest BCUT2D eigenvalue weighted by atomic mass is 16.5. The molecule has 1 N–H and O–H groups in total. The van der Waals surface area contributed by atoms with Gasteiger partial charge in [0.2, 0.25) is 0 Å². The number of carbonyl (C=O) groups excluding carboxylic acids is 1. The van der Waals surface area contributed by atoms with Gasteiger partial charge in [-0.2, -0.15) is 0 Å². The first-order valence-corrected chi connectivity index (χ1v) is 6.60. The Labute approximate surface area is 109 Å². The van der Waals surface area contributed by atoms with Crippen molar-refractivity contribution < 1.29 is 9.53 Å². The SMILES string of the molecule is CC(C)Oc1ccccc1C(=O)C1CNCC1C. The summed E-state index contributed by atoms with van der Waals surface area (Å²) in [4.78, 5) is 12.5. The van der Waals surface area contributed by atoms with Crippen LogP contribution in [0.15, 0.2) is 24.3 Å². The fourth-order valence-corrected chi connectivity index (χ4v) is 2.39. The molecular weight excluding hydrogens is 226 g/mol. The fourth-order valence-electron chi connectivity index (χ4n) is 2.39. The Balaban J connectivity index is 2.24. The van der Waals surface area contributed by atoms with Gasteiger partial charge in [-0.25, -0.2) is 0 Å². The van der Waals surface area contributed by atoms with E-state index < -0.39 is 0 Å². The first-order chi connectivity index (χ1) is 8.59. The molecule has 0 amide bonds. The maximum absolute atomic E-state index is 12.5. The van der Waals surface area contributed by atoms with Crippen molar-refractivity contribution in [1.82, 2.24) is 5.32 Å². The van der Waals surface area contributed by atoms with Gasteiger partial charge >= 0.3 is 0 Å². The summed E-state index contributed by atoms with van der Waals surface area (Å²) in [5.41, 5.74) is 0.715. The lowest BCUT2D eigenvalue weighted by molar-refractivity contribution is 0.0902. The number of rotatable bonds is 4. The van der Waals surface area contributed by atoms with Crippen LogP contribution in [0.1, 0.15) is 31.1 Å². The minimum Gasteiger partial charge on any atom is -0.490 e. The van der Waals surface area contributed by atoms with E-state index in [1.807, 2.05) is 38.1 Å². The van der Waals surface area contributed by atoms with Crippen LogP contribution in [0.25, 0.3) is 0 Å². The van der Waals surface area contributed by atoms with Crippen LogP contribution in [0.3, 0.4) is 0 Å². The molecule has 2 unspecified atom stereocenters. The third-order valence-electron chi connectivity index (χ3n) is 3.37. The number of ketones is 1. The van der Waals surface area contributed by atoms with Crippen molar-refractivity contribution in [1.29, 1.82) is 0 Å². The zero-order valence-corrected chi connectivity index (χ0v) is 11.3. The summed E-state index contributed by atoms with van der Waals surface area (Å²) in [6, 6.07) is 7.55. The predicted octanol–water partition coefficient (Wildman–Crippen LogP) is 2.51. The normalized spacial score (nSPS) is 23.3. The van der Waals surface area contributed by atoms with Gasteiger partial charge in [-0.15, -0.1) is 0 Å². The Morgan fingerprint density at radius 1 is 1.33 bits per heavy atom. The van der Waals surface area contributed by atoms with Gasteiger partial charge in [0.1, 0.15) is 5.75 Å². The Kier molecular flexibility index (Phi) is 4.02. The van der Waals surface area contributed by atoms with Crippen molar-refractivity contribution in [3.8, 4) is 5.75 Å². The highest BCUT2D eigenvalue weighted by molar-refractivity contribution is 6.00. The molecule has 0 bridgehead atoms. The number of carbonyl (C=O) groups is 1. The number of benzene rings is 1. The number of Topliss-reactive ketones (excluding diaryl/α,β-unsaturated/α-hetero) is 1. The second-order valence-corrected chi connectivity index (χ2v) is 5.27. The molecular formula is C15H21NO2. The quantitative estimate of drug-likeness (QED) is 0.831. The minimum atomic E-state index is 0.0712. The smallest absolute Gasteiger partial charge is 0.171 e. The molecule has 1 fully saturated rings. The Hall–Kier alpha value is -1.35. The fraction of sp³-hybridized carbons (Fsp3) is 0.533. The van der Waals surface area contributed by atoms with Gasteiger partial charge in [-0.1, -0.05) is 19.1 Å². The van der Waals surface area contributed by atoms with E-state index in [0.717, 1.165) is 13.1 Å². The molecule has 0 aliphatic carbocycles. The standard InChI is InChI=1S/C15H21NO2/c1-10(2)18-14-7-5-4-6-12(14)15(17)13-9-16-8-11(13)3/h4-7,10-11,13,16H,8-9H2,1-3H3. The van der Waals surface area contributed by atoms with Crippen LogP contribution in [0, 0.1) is 11.8 Å². The summed E-state index contributed by atoms with van der Waals surface area (Å²) in [5.74, 6) is 1.37. The predicted molar refractivity (Wildman–Crippen MR) is 72.1 cm³/mol. The molecule has 3 nitrogen and oxygen atoms in total. The van der Waals surface area contributed by atoms with Crippen molar-refractivity contribution in [3.05, 3.63) is 29.8 Å². The summed E-state index contributed by atoms with van der Waals surface area (Å²) in [6.45, 7) is 7.76. The number of para-hydroxylation sites is 1. The average Bonchev–Trinajstić information content (AvgIpc) is 2.74. The summed E-state index contributed by atoms with van der Waals surface area (Å²) >= 11 is 0. The first kappa shape index (κ1) is 13.1. The van der Waals surface area contributed by atoms with E-state index in [0.29, 0.717) is 17.2 Å². The monoisotopic (exact) mass is 247 g/mol. The molecule has 0 saturated carbocycles. The van der Waals surface area contributed by atoms with Crippen molar-refractivity contribution in [2.75, 3.05) is 13.1 Å². The number of nitrogens with one attached hydrogen (secondary N) is 1. The molecule has 1 aromatic carbocycles. The molecule has 1 aliphatic rings. The third-order valence-corrected chi connectivity index (χ3v) is 3.37. The van der Waals surface area contributed by atoms with E-state index in [-0.39, 0.29) is 17.8 Å². The average molecular weight is 247 g/mol. The topological polar surface area (TPSA) is 38.3 Å². The molecule has 98 valence electrons. The van der Waals surface area contributed by atoms with Gasteiger partial charge in [-0.3, -0.25) is 4.79 Å². The van der Waals surface area contributed by atoms with Crippen LogP contribution in [0.4, 0.5) is 0 Å². The van der Waals surface area contributed by atoms with E-state index in [2.05, 4.69) is 12.2 Å². The van der Waals surface area contributed by atoms with Gasteiger partial charge in [-0.05, 0) is 38.4 Å². The van der Waals surface area contributed by atoms with Crippen LogP contribution in [0.2, 0.25) is 0 Å². The highest BCUT2D eigenvalue weighted by Gasteiger charge is 2.31. The van der Waals surface area contributed by atoms with Crippen LogP contribution < -0.4 is 10.1 Å². The second kappa shape index (κ2) is 5.53. The third kappa shape index (κ3) is 2.72. The molecule has 18 heavy (non-hydrogen) atoms. The maximum atomic E-state index is 12.5. The lowest BCUT2D eigenvalue weighted by Gasteiger charge is -2.17. The van der Waals surface area contributed by atoms with Crippen LogP contribution in [0.5, 0.6) is 5.75 Å². The number of hydrogen-bond acceptors (Lipinski definition) is 3. The Morgan fingerprint density at radius 3 is 2.67 bits per heavy atom. The van der Waals surface area contributed by atoms with E-state index in [4.69, 9.17) is 4.74 Å². The summed E-state index contributed by atoms with van der Waals surface area (Å²) < 4.78 is 5.72. The second-order valence-electron chi connectivity index (χ2n) is 5.27. The van der Waals surface area contributed by atoms with Crippen molar-refractivity contribution in [3.63, 3.8) is 0 Å². The van der Waals surface area contributed by atoms with Crippen LogP contribution in [-0.2, 0) is 0 Å². The van der Waals surface area contributed by atoms with Gasteiger partial charge < -0.3 is 10.1 Å². The Morgan fingerprint density at radius 2 is 2.06 bits per heavy atom. The largest absolute Gasteiger partial charge is 0.490 e. The number of ether oxygens (including phenoxy) is 1. The van der Waals surface area contributed by atoms with E-state index in [1.54, 1.807) is 0 Å². The van der Waals surface area contributed by atoms with Gasteiger partial charge in [0.25, 0.3) is 0 Å². The van der Waals surface area contributed by atoms with Gasteiger partial charge in [0.15, 0.2) is 5.78 Å². The van der Waals surface area contributed by atoms with Gasteiger partial charge in [0, 0.05) is 12.5 Å². The van der Waals surface area contributed by atoms with Crippen LogP contribution in [-0.4, -0.2) is 25.0 Å². The van der Waals surface area contributed by atoms with Crippen molar-refractivity contribution in [2.24, 2.45) is 11.8 Å². The molecule has 0 radical (unpaired) electrons. The molecule has 0 aromatic heterocycles.